The minimum atomic E-state index is -5.07. The van der Waals surface area contributed by atoms with Crippen molar-refractivity contribution in [1.29, 1.82) is 5.26 Å². The number of hydrogen-bond donors (Lipinski definition) is 3. The molecule has 4 amide bonds. The number of anilines is 1. The summed E-state index contributed by atoms with van der Waals surface area (Å²) >= 11 is 0. The second-order valence-electron chi connectivity index (χ2n) is 22.2. The van der Waals surface area contributed by atoms with Crippen molar-refractivity contribution in [1.82, 2.24) is 35.1 Å². The number of carbonyl (C=O) groups is 5. The van der Waals surface area contributed by atoms with E-state index in [1.165, 1.54) is 52.6 Å². The molecule has 26 heteroatoms. The number of nitrogens with zero attached hydrogens (tertiary/aromatic N) is 6. The van der Waals surface area contributed by atoms with Gasteiger partial charge in [0, 0.05) is 23.7 Å². The number of aromatic nitrogens is 4. The number of imidazole rings is 1. The quantitative estimate of drug-likeness (QED) is 0.0196. The number of esters is 2. The van der Waals surface area contributed by atoms with Crippen LogP contribution in [0.25, 0.3) is 11.2 Å². The summed E-state index contributed by atoms with van der Waals surface area (Å²) in [5, 5.41) is 18.2. The summed E-state index contributed by atoms with van der Waals surface area (Å²) in [6.07, 6.45) is -5.82. The van der Waals surface area contributed by atoms with Gasteiger partial charge in [-0.15, -0.1) is 0 Å². The maximum Gasteiger partial charge on any atom is 0.475 e. The van der Waals surface area contributed by atoms with Gasteiger partial charge in [0.2, 0.25) is 0 Å². The highest BCUT2D eigenvalue weighted by atomic mass is 31.2. The third kappa shape index (κ3) is 15.0. The normalized spacial score (nSPS) is 20.4. The van der Waals surface area contributed by atoms with Gasteiger partial charge >= 0.3 is 25.8 Å². The number of amides is 4. The molecule has 494 valence electrons. The van der Waals surface area contributed by atoms with Gasteiger partial charge in [-0.05, 0) is 95.6 Å². The van der Waals surface area contributed by atoms with Gasteiger partial charge in [-0.1, -0.05) is 127 Å². The first-order chi connectivity index (χ1) is 47.3. The highest BCUT2D eigenvalue weighted by Crippen LogP contribution is 2.54. The first-order valence-electron chi connectivity index (χ1n) is 30.8. The molecule has 97 heavy (non-hydrogen) atoms. The average Bonchev–Trinajstić information content (AvgIpc) is 1.61. The summed E-state index contributed by atoms with van der Waals surface area (Å²) in [6, 6.07) is 58.3. The molecule has 7 aromatic carbocycles. The van der Waals surface area contributed by atoms with E-state index >= 15 is 4.57 Å². The molecule has 2 fully saturated rings. The number of fused-ring (bicyclic) bond motifs is 1. The van der Waals surface area contributed by atoms with Crippen LogP contribution in [-0.2, 0) is 47.4 Å². The van der Waals surface area contributed by atoms with Crippen LogP contribution in [0.4, 0.5) is 10.6 Å². The van der Waals surface area contributed by atoms with Crippen molar-refractivity contribution < 1.29 is 75.3 Å². The first kappa shape index (κ1) is 66.1. The van der Waals surface area contributed by atoms with E-state index in [1.807, 2.05) is 60.7 Å². The molecule has 9 aromatic rings. The molecule has 12 rings (SSSR count). The monoisotopic (exact) mass is 1330 g/mol. The molecule has 3 aliphatic rings. The molecular formula is C71H64N9O16P. The Balaban J connectivity index is 0.902. The summed E-state index contributed by atoms with van der Waals surface area (Å²) < 4.78 is 80.9. The Morgan fingerprint density at radius 2 is 1.20 bits per heavy atom. The molecule has 2 aromatic heterocycles. The lowest BCUT2D eigenvalue weighted by Gasteiger charge is -2.37. The lowest BCUT2D eigenvalue weighted by Crippen LogP contribution is -2.55. The number of phosphoric ester groups is 1. The molecule has 3 N–H and O–H groups in total. The Bertz CT molecular complexity index is 4300. The highest BCUT2D eigenvalue weighted by molar-refractivity contribution is 7.48. The summed E-state index contributed by atoms with van der Waals surface area (Å²) in [4.78, 5) is 84.3. The standard InChI is InChI=1S/C71H64N9O16P/c1-87-53-33-29-51(30-34-53)71(50-27-16-7-17-28-50,52-31-35-54(88-2)36-32-52)89-42-56-55(41-59(92-56)79-39-37-58(77-70(79)85)76-65(81)46-19-8-3-9-20-46)96-97(86,90-40-18-38-72)91-43-57-61(94-68(83)48-23-12-5-13-24-48)62(95-69(84)49-25-14-6-15-26-49)67(93-57)80-45-75-60-63(73-44-74-64(60)80)78-66(82)47-21-10-4-11-22-47/h3-17,19-37,39,44-45,55-59,61-62,67H,18,40-43H2,1-2H3,(H,76,81)(H,77,85)(H,73,74,78,82)/t55-,56+,57+,58?,59+,61+,62+,67+,97?/m0/s1. The van der Waals surface area contributed by atoms with Gasteiger partial charge in [0.25, 0.3) is 11.8 Å². The van der Waals surface area contributed by atoms with E-state index in [0.717, 1.165) is 0 Å². The number of hydrogen-bond acceptors (Lipinski definition) is 20. The maximum atomic E-state index is 15.9. The van der Waals surface area contributed by atoms with Crippen molar-refractivity contribution >= 4 is 54.6 Å². The van der Waals surface area contributed by atoms with Crippen molar-refractivity contribution in [2.24, 2.45) is 0 Å². The first-order valence-corrected chi connectivity index (χ1v) is 32.2. The number of nitrogens with one attached hydrogen (secondary N) is 3. The minimum Gasteiger partial charge on any atom is -0.497 e. The molecule has 0 saturated carbocycles. The fraction of sp³-hybridized carbons (Fsp3) is 0.225. The SMILES string of the molecule is COc1ccc(C(OC[C@H]2O[C@@H](N3C=CC(NC(=O)c4ccccc4)NC3=O)C[C@@H]2OP(=O)(OCCC#N)OC[C@H]2O[C@@H](n3cnc4c(NC(=O)c5ccccc5)ncnc43)[C@H](OC(=O)c3ccccc3)[C@@H]2OC(=O)c2ccccc2)(c2ccccc2)c2ccc(OC)cc2)cc1. The zero-order valence-electron chi connectivity index (χ0n) is 52.2. The largest absolute Gasteiger partial charge is 0.497 e. The second kappa shape index (κ2) is 30.2. The predicted molar refractivity (Wildman–Crippen MR) is 348 cm³/mol. The van der Waals surface area contributed by atoms with Gasteiger partial charge in [0.1, 0.15) is 54.1 Å². The van der Waals surface area contributed by atoms with Crippen molar-refractivity contribution in [2.45, 2.75) is 67.6 Å². The van der Waals surface area contributed by atoms with Crippen molar-refractivity contribution in [3.05, 3.63) is 264 Å². The lowest BCUT2D eigenvalue weighted by atomic mass is 9.80. The molecule has 0 radical (unpaired) electrons. The van der Waals surface area contributed by atoms with Crippen LogP contribution >= 0.6 is 7.82 Å². The van der Waals surface area contributed by atoms with Crippen LogP contribution in [0.5, 0.6) is 11.5 Å². The van der Waals surface area contributed by atoms with Crippen molar-refractivity contribution in [3.8, 4) is 17.6 Å². The van der Waals surface area contributed by atoms with E-state index in [9.17, 15) is 29.2 Å². The Hall–Kier alpha value is -10.9. The van der Waals surface area contributed by atoms with Gasteiger partial charge in [-0.25, -0.2) is 33.9 Å². The molecule has 0 aliphatic carbocycles. The van der Waals surface area contributed by atoms with Crippen LogP contribution in [0.3, 0.4) is 0 Å². The summed E-state index contributed by atoms with van der Waals surface area (Å²) in [7, 11) is -1.95. The second-order valence-corrected chi connectivity index (χ2v) is 23.8. The molecule has 0 bridgehead atoms. The topological polar surface area (TPSA) is 301 Å². The number of ether oxygens (including phenoxy) is 7. The Morgan fingerprint density at radius 3 is 1.76 bits per heavy atom. The Morgan fingerprint density at radius 1 is 0.649 bits per heavy atom. The number of carbonyl (C=O) groups excluding carboxylic acids is 5. The number of rotatable bonds is 26. The number of benzene rings is 7. The smallest absolute Gasteiger partial charge is 0.475 e. The van der Waals surface area contributed by atoms with E-state index in [0.29, 0.717) is 39.3 Å². The fourth-order valence-corrected chi connectivity index (χ4v) is 12.8. The van der Waals surface area contributed by atoms with Crippen molar-refractivity contribution in [2.75, 3.05) is 39.4 Å². The van der Waals surface area contributed by atoms with E-state index in [1.54, 1.807) is 142 Å². The molecule has 3 aliphatic heterocycles. The van der Waals surface area contributed by atoms with Gasteiger partial charge in [0.05, 0.1) is 64.0 Å². The Labute approximate surface area is 556 Å². The average molecular weight is 1330 g/mol. The molecular weight excluding hydrogens is 1270 g/mol. The zero-order valence-corrected chi connectivity index (χ0v) is 53.1. The predicted octanol–water partition coefficient (Wildman–Crippen LogP) is 10.3. The van der Waals surface area contributed by atoms with Gasteiger partial charge in [-0.3, -0.25) is 32.6 Å². The number of nitriles is 1. The molecule has 5 heterocycles. The van der Waals surface area contributed by atoms with E-state index in [4.69, 9.17) is 46.7 Å². The fourth-order valence-electron chi connectivity index (χ4n) is 11.4. The van der Waals surface area contributed by atoms with Crippen LogP contribution in [0, 0.1) is 11.3 Å². The van der Waals surface area contributed by atoms with E-state index < -0.39 is 106 Å². The summed E-state index contributed by atoms with van der Waals surface area (Å²) in [5.41, 5.74) is 1.67. The minimum absolute atomic E-state index is 0.0236. The Kier molecular flexibility index (Phi) is 20.6. The maximum absolute atomic E-state index is 15.9. The molecule has 2 saturated heterocycles. The van der Waals surface area contributed by atoms with Crippen LogP contribution in [0.15, 0.2) is 225 Å². The van der Waals surface area contributed by atoms with Crippen LogP contribution in [0.2, 0.25) is 0 Å². The number of phosphoric acid groups is 1. The highest BCUT2D eigenvalue weighted by Gasteiger charge is 2.54. The van der Waals surface area contributed by atoms with E-state index in [2.05, 4.69) is 30.9 Å². The third-order valence-corrected chi connectivity index (χ3v) is 17.7. The van der Waals surface area contributed by atoms with Crippen LogP contribution in [-0.4, -0.2) is 131 Å². The molecule has 25 nitrogen and oxygen atoms in total. The van der Waals surface area contributed by atoms with Crippen LogP contribution in [0.1, 0.15) is 77.2 Å². The molecule has 0 spiro atoms. The number of methoxy groups -OCH3 is 2. The van der Waals surface area contributed by atoms with Crippen molar-refractivity contribution in [3.63, 3.8) is 0 Å². The van der Waals surface area contributed by atoms with Crippen LogP contribution < -0.4 is 25.4 Å². The summed E-state index contributed by atoms with van der Waals surface area (Å²) in [5.74, 6) is -1.49. The lowest BCUT2D eigenvalue weighted by molar-refractivity contribution is -0.0991. The third-order valence-electron chi connectivity index (χ3n) is 16.2. The van der Waals surface area contributed by atoms with Gasteiger partial charge < -0.3 is 49.1 Å². The van der Waals surface area contributed by atoms with Gasteiger partial charge in [0.15, 0.2) is 35.4 Å². The summed E-state index contributed by atoms with van der Waals surface area (Å²) in [6.45, 7) is -1.63. The zero-order chi connectivity index (χ0) is 67.3. The van der Waals surface area contributed by atoms with E-state index in [-0.39, 0.29) is 47.6 Å². The number of urea groups is 1. The molecule has 9 atom stereocenters. The molecule has 2 unspecified atom stereocenters. The van der Waals surface area contributed by atoms with Gasteiger partial charge in [-0.2, -0.15) is 5.26 Å².